The molecule has 0 amide bonds. The molecule has 118 valence electrons. The Balaban J connectivity index is 2.06. The van der Waals surface area contributed by atoms with Crippen LogP contribution in [0.5, 0.6) is 0 Å². The van der Waals surface area contributed by atoms with Gasteiger partial charge in [-0.05, 0) is 52.7 Å². The van der Waals surface area contributed by atoms with Crippen molar-refractivity contribution in [2.45, 2.75) is 13.5 Å². The summed E-state index contributed by atoms with van der Waals surface area (Å²) in [7, 11) is 0. The first-order chi connectivity index (χ1) is 11.7. The number of aryl methyl sites for hydroxylation is 1. The lowest BCUT2D eigenvalue weighted by Gasteiger charge is -2.08. The van der Waals surface area contributed by atoms with Gasteiger partial charge >= 0.3 is 0 Å². The van der Waals surface area contributed by atoms with E-state index in [9.17, 15) is 4.79 Å². The maximum absolute atomic E-state index is 11.3. The zero-order valence-corrected chi connectivity index (χ0v) is 14.9. The summed E-state index contributed by atoms with van der Waals surface area (Å²) in [5.41, 5.74) is 5.48. The summed E-state index contributed by atoms with van der Waals surface area (Å²) in [6.45, 7) is 2.90. The summed E-state index contributed by atoms with van der Waals surface area (Å²) in [6, 6.07) is 21.0. The Morgan fingerprint density at radius 2 is 1.71 bits per heavy atom. The fraction of sp³-hybridized carbons (Fsp3) is 0.0952. The lowest BCUT2D eigenvalue weighted by Crippen LogP contribution is -1.99. The number of aldehydes is 1. The maximum atomic E-state index is 11.3. The first-order valence-corrected chi connectivity index (χ1v) is 8.68. The molecule has 4 aromatic rings. The number of nitrogens with zero attached hydrogens (tertiary/aromatic N) is 1. The first-order valence-electron chi connectivity index (χ1n) is 7.88. The van der Waals surface area contributed by atoms with Gasteiger partial charge in [-0.2, -0.15) is 0 Å². The van der Waals surface area contributed by atoms with Crippen molar-refractivity contribution < 1.29 is 4.79 Å². The Morgan fingerprint density at radius 3 is 2.46 bits per heavy atom. The normalized spacial score (nSPS) is 11.2. The van der Waals surface area contributed by atoms with Crippen LogP contribution in [-0.4, -0.2) is 10.9 Å². The third-order valence-electron chi connectivity index (χ3n) is 4.45. The molecule has 0 fully saturated rings. The first kappa shape index (κ1) is 15.2. The topological polar surface area (TPSA) is 22.0 Å². The molecule has 2 nitrogen and oxygen atoms in total. The molecule has 0 spiro atoms. The standard InChI is InChI=1S/C21H16BrNO/c1-14-7-8-20-17(9-14)18-10-16(13-24)19(22)11-21(18)23(20)12-15-5-3-2-4-6-15/h2-11,13H,12H2,1H3. The average Bonchev–Trinajstić information content (AvgIpc) is 2.87. The van der Waals surface area contributed by atoms with Gasteiger partial charge in [-0.25, -0.2) is 0 Å². The minimum absolute atomic E-state index is 0.683. The fourth-order valence-corrected chi connectivity index (χ4v) is 3.70. The van der Waals surface area contributed by atoms with Gasteiger partial charge in [-0.3, -0.25) is 4.79 Å². The predicted molar refractivity (Wildman–Crippen MR) is 103 cm³/mol. The number of aromatic nitrogens is 1. The highest BCUT2D eigenvalue weighted by Crippen LogP contribution is 2.33. The van der Waals surface area contributed by atoms with Crippen LogP contribution in [0.25, 0.3) is 21.8 Å². The molecule has 0 saturated carbocycles. The van der Waals surface area contributed by atoms with Crippen molar-refractivity contribution in [1.82, 2.24) is 4.57 Å². The van der Waals surface area contributed by atoms with Gasteiger partial charge in [0.05, 0.1) is 5.52 Å². The van der Waals surface area contributed by atoms with Crippen LogP contribution in [0.2, 0.25) is 0 Å². The molecule has 0 aliphatic heterocycles. The van der Waals surface area contributed by atoms with Gasteiger partial charge in [-0.1, -0.05) is 42.0 Å². The van der Waals surface area contributed by atoms with Crippen LogP contribution in [0, 0.1) is 6.92 Å². The Labute approximate surface area is 148 Å². The van der Waals surface area contributed by atoms with Gasteiger partial charge < -0.3 is 4.57 Å². The largest absolute Gasteiger partial charge is 0.336 e. The average molecular weight is 378 g/mol. The Morgan fingerprint density at radius 1 is 0.958 bits per heavy atom. The van der Waals surface area contributed by atoms with Crippen molar-refractivity contribution in [2.75, 3.05) is 0 Å². The lowest BCUT2D eigenvalue weighted by atomic mass is 10.1. The van der Waals surface area contributed by atoms with E-state index < -0.39 is 0 Å². The minimum Gasteiger partial charge on any atom is -0.336 e. The number of benzene rings is 3. The minimum atomic E-state index is 0.683. The Kier molecular flexibility index (Phi) is 3.73. The number of halogens is 1. The van der Waals surface area contributed by atoms with Crippen molar-refractivity contribution >= 4 is 44.0 Å². The molecule has 0 bridgehead atoms. The van der Waals surface area contributed by atoms with Crippen LogP contribution in [0.4, 0.5) is 0 Å². The summed E-state index contributed by atoms with van der Waals surface area (Å²) in [6.07, 6.45) is 0.902. The number of hydrogen-bond donors (Lipinski definition) is 0. The number of hydrogen-bond acceptors (Lipinski definition) is 1. The molecule has 0 radical (unpaired) electrons. The third-order valence-corrected chi connectivity index (χ3v) is 5.14. The molecule has 4 rings (SSSR count). The molecule has 0 aliphatic rings. The van der Waals surface area contributed by atoms with E-state index in [-0.39, 0.29) is 0 Å². The quantitative estimate of drug-likeness (QED) is 0.418. The molecule has 0 atom stereocenters. The van der Waals surface area contributed by atoms with E-state index in [1.54, 1.807) is 0 Å². The molecule has 0 aliphatic carbocycles. The summed E-state index contributed by atoms with van der Waals surface area (Å²) >= 11 is 3.52. The van der Waals surface area contributed by atoms with Gasteiger partial charge in [-0.15, -0.1) is 0 Å². The van der Waals surface area contributed by atoms with E-state index in [1.165, 1.54) is 22.0 Å². The van der Waals surface area contributed by atoms with E-state index >= 15 is 0 Å². The molecule has 24 heavy (non-hydrogen) atoms. The lowest BCUT2D eigenvalue weighted by molar-refractivity contribution is 0.112. The van der Waals surface area contributed by atoms with Crippen molar-refractivity contribution in [2.24, 2.45) is 0 Å². The summed E-state index contributed by atoms with van der Waals surface area (Å²) in [5.74, 6) is 0. The van der Waals surface area contributed by atoms with Crippen molar-refractivity contribution in [3.8, 4) is 0 Å². The van der Waals surface area contributed by atoms with E-state index in [1.807, 2.05) is 12.1 Å². The molecular weight excluding hydrogens is 362 g/mol. The summed E-state index contributed by atoms with van der Waals surface area (Å²) in [5, 5.41) is 2.31. The molecule has 0 unspecified atom stereocenters. The van der Waals surface area contributed by atoms with Crippen LogP contribution in [0.15, 0.2) is 65.1 Å². The van der Waals surface area contributed by atoms with Crippen molar-refractivity contribution in [3.05, 3.63) is 81.8 Å². The number of carbonyl (C=O) groups is 1. The highest BCUT2D eigenvalue weighted by atomic mass is 79.9. The van der Waals surface area contributed by atoms with Crippen molar-refractivity contribution in [3.63, 3.8) is 0 Å². The van der Waals surface area contributed by atoms with Crippen LogP contribution < -0.4 is 0 Å². The Bertz CT molecular complexity index is 1060. The monoisotopic (exact) mass is 377 g/mol. The molecule has 3 heteroatoms. The van der Waals surface area contributed by atoms with Crippen LogP contribution in [-0.2, 0) is 6.54 Å². The summed E-state index contributed by atoms with van der Waals surface area (Å²) < 4.78 is 3.15. The third kappa shape index (κ3) is 2.45. The van der Waals surface area contributed by atoms with Gasteiger partial charge in [0.2, 0.25) is 0 Å². The second kappa shape index (κ2) is 5.91. The molecule has 1 heterocycles. The van der Waals surface area contributed by atoms with E-state index in [0.717, 1.165) is 28.2 Å². The molecular formula is C21H16BrNO. The molecule has 1 aromatic heterocycles. The highest BCUT2D eigenvalue weighted by Gasteiger charge is 2.13. The predicted octanol–water partition coefficient (Wildman–Crippen LogP) is 5.73. The highest BCUT2D eigenvalue weighted by molar-refractivity contribution is 9.10. The molecule has 0 saturated heterocycles. The second-order valence-electron chi connectivity index (χ2n) is 6.10. The van der Waals surface area contributed by atoms with Gasteiger partial charge in [0.25, 0.3) is 0 Å². The number of rotatable bonds is 3. The number of carbonyl (C=O) groups excluding carboxylic acids is 1. The fourth-order valence-electron chi connectivity index (χ4n) is 3.28. The van der Waals surface area contributed by atoms with Crippen molar-refractivity contribution in [1.29, 1.82) is 0 Å². The molecule has 3 aromatic carbocycles. The van der Waals surface area contributed by atoms with E-state index in [0.29, 0.717) is 5.56 Å². The van der Waals surface area contributed by atoms with Crippen LogP contribution >= 0.6 is 15.9 Å². The van der Waals surface area contributed by atoms with E-state index in [2.05, 4.69) is 76.0 Å². The van der Waals surface area contributed by atoms with E-state index in [4.69, 9.17) is 0 Å². The SMILES string of the molecule is Cc1ccc2c(c1)c1cc(C=O)c(Br)cc1n2Cc1ccccc1. The summed E-state index contributed by atoms with van der Waals surface area (Å²) in [4.78, 5) is 11.3. The second-order valence-corrected chi connectivity index (χ2v) is 6.96. The molecule has 0 N–H and O–H groups in total. The van der Waals surface area contributed by atoms with Crippen LogP contribution in [0.3, 0.4) is 0 Å². The van der Waals surface area contributed by atoms with Gasteiger partial charge in [0.1, 0.15) is 0 Å². The Hall–Kier alpha value is -2.39. The smallest absolute Gasteiger partial charge is 0.151 e. The zero-order chi connectivity index (χ0) is 16.7. The maximum Gasteiger partial charge on any atom is 0.151 e. The zero-order valence-electron chi connectivity index (χ0n) is 13.3. The van der Waals surface area contributed by atoms with Gasteiger partial charge in [0.15, 0.2) is 6.29 Å². The van der Waals surface area contributed by atoms with Crippen LogP contribution in [0.1, 0.15) is 21.5 Å². The number of fused-ring (bicyclic) bond motifs is 3. The van der Waals surface area contributed by atoms with Gasteiger partial charge in [0, 0.05) is 32.9 Å².